The average Bonchev–Trinajstić information content (AvgIpc) is 3.30. The van der Waals surface area contributed by atoms with Crippen molar-refractivity contribution in [2.45, 2.75) is 13.8 Å². The number of methoxy groups -OCH3 is 1. The summed E-state index contributed by atoms with van der Waals surface area (Å²) in [6, 6.07) is 7.65. The van der Waals surface area contributed by atoms with E-state index in [-0.39, 0.29) is 5.78 Å². The third kappa shape index (κ3) is 2.29. The van der Waals surface area contributed by atoms with Gasteiger partial charge in [-0.2, -0.15) is 4.52 Å². The molecule has 0 saturated carbocycles. The van der Waals surface area contributed by atoms with E-state index >= 15 is 0 Å². The molecule has 0 atom stereocenters. The Kier molecular flexibility index (Phi) is 3.59. The number of thiophene rings is 1. The van der Waals surface area contributed by atoms with Crippen LogP contribution in [0.3, 0.4) is 0 Å². The molecule has 5 rings (SSSR count). The summed E-state index contributed by atoms with van der Waals surface area (Å²) in [6.45, 7) is 3.42. The first-order chi connectivity index (χ1) is 13.6. The van der Waals surface area contributed by atoms with Crippen LogP contribution in [0.25, 0.3) is 37.2 Å². The van der Waals surface area contributed by atoms with E-state index in [2.05, 4.69) is 20.5 Å². The van der Waals surface area contributed by atoms with Gasteiger partial charge in [0.05, 0.1) is 18.3 Å². The molecule has 0 spiro atoms. The van der Waals surface area contributed by atoms with Gasteiger partial charge in [0.25, 0.3) is 0 Å². The Morgan fingerprint density at radius 2 is 2.00 bits per heavy atom. The van der Waals surface area contributed by atoms with Crippen molar-refractivity contribution in [3.05, 3.63) is 41.9 Å². The predicted octanol–water partition coefficient (Wildman–Crippen LogP) is 3.47. The summed E-state index contributed by atoms with van der Waals surface area (Å²) in [5.74, 6) is 0.710. The molecule has 0 aliphatic heterocycles. The lowest BCUT2D eigenvalue weighted by Crippen LogP contribution is -2.03. The van der Waals surface area contributed by atoms with Crippen LogP contribution in [-0.4, -0.2) is 42.9 Å². The molecule has 4 heterocycles. The van der Waals surface area contributed by atoms with Crippen molar-refractivity contribution in [1.82, 2.24) is 30.0 Å². The first-order valence-corrected chi connectivity index (χ1v) is 9.35. The number of tetrazole rings is 1. The number of ether oxygens (including phenoxy) is 1. The molecule has 0 fully saturated rings. The SMILES string of the molecule is COc1ccc(-c2c(C(C)=O)c(C)nc3sc4c(ncn5nnnc45)c23)cc1. The van der Waals surface area contributed by atoms with Gasteiger partial charge in [0.2, 0.25) is 0 Å². The number of rotatable bonds is 3. The number of fused-ring (bicyclic) bond motifs is 5. The molecule has 8 nitrogen and oxygen atoms in total. The number of Topliss-reactive ketones (excluding diaryl/α,β-unsaturated/α-hetero) is 1. The minimum atomic E-state index is -0.0395. The van der Waals surface area contributed by atoms with Gasteiger partial charge in [-0.05, 0) is 42.0 Å². The Balaban J connectivity index is 1.97. The Hall–Kier alpha value is -3.46. The maximum Gasteiger partial charge on any atom is 0.200 e. The van der Waals surface area contributed by atoms with E-state index in [1.54, 1.807) is 20.4 Å². The third-order valence-corrected chi connectivity index (χ3v) is 5.79. The summed E-state index contributed by atoms with van der Waals surface area (Å²) in [7, 11) is 1.62. The molecule has 0 N–H and O–H groups in total. The minimum Gasteiger partial charge on any atom is -0.497 e. The second kappa shape index (κ2) is 6.03. The Labute approximate surface area is 162 Å². The number of ketones is 1. The number of benzene rings is 1. The molecule has 5 aromatic rings. The van der Waals surface area contributed by atoms with Gasteiger partial charge in [0.15, 0.2) is 11.4 Å². The number of carbonyl (C=O) groups excluding carboxylic acids is 1. The molecule has 0 aliphatic rings. The Bertz CT molecular complexity index is 1390. The fourth-order valence-corrected chi connectivity index (χ4v) is 4.67. The van der Waals surface area contributed by atoms with E-state index in [1.807, 2.05) is 31.2 Å². The number of hydrogen-bond acceptors (Lipinski definition) is 8. The minimum absolute atomic E-state index is 0.0395. The van der Waals surface area contributed by atoms with E-state index in [0.29, 0.717) is 16.9 Å². The van der Waals surface area contributed by atoms with Crippen LogP contribution in [0.1, 0.15) is 23.0 Å². The number of hydrogen-bond donors (Lipinski definition) is 0. The van der Waals surface area contributed by atoms with Crippen LogP contribution in [0.4, 0.5) is 0 Å². The highest BCUT2D eigenvalue weighted by atomic mass is 32.1. The van der Waals surface area contributed by atoms with Crippen LogP contribution in [-0.2, 0) is 0 Å². The molecule has 138 valence electrons. The smallest absolute Gasteiger partial charge is 0.200 e. The van der Waals surface area contributed by atoms with Gasteiger partial charge in [-0.1, -0.05) is 12.1 Å². The van der Waals surface area contributed by atoms with Gasteiger partial charge < -0.3 is 4.74 Å². The number of aromatic nitrogens is 6. The molecule has 0 saturated heterocycles. The number of aryl methyl sites for hydroxylation is 1. The van der Waals surface area contributed by atoms with Gasteiger partial charge in [0, 0.05) is 16.5 Å². The van der Waals surface area contributed by atoms with E-state index in [1.165, 1.54) is 15.9 Å². The lowest BCUT2D eigenvalue weighted by atomic mass is 9.93. The summed E-state index contributed by atoms with van der Waals surface area (Å²) in [5.41, 5.74) is 4.38. The zero-order valence-electron chi connectivity index (χ0n) is 15.3. The molecule has 0 aliphatic carbocycles. The van der Waals surface area contributed by atoms with Crippen molar-refractivity contribution < 1.29 is 9.53 Å². The summed E-state index contributed by atoms with van der Waals surface area (Å²) >= 11 is 1.47. The van der Waals surface area contributed by atoms with E-state index in [9.17, 15) is 4.79 Å². The zero-order chi connectivity index (χ0) is 19.4. The van der Waals surface area contributed by atoms with Crippen molar-refractivity contribution in [1.29, 1.82) is 0 Å². The van der Waals surface area contributed by atoms with Crippen LogP contribution in [0.2, 0.25) is 0 Å². The van der Waals surface area contributed by atoms with Crippen molar-refractivity contribution >= 4 is 43.2 Å². The van der Waals surface area contributed by atoms with Crippen LogP contribution in [0.15, 0.2) is 30.6 Å². The fourth-order valence-electron chi connectivity index (χ4n) is 3.51. The second-order valence-electron chi connectivity index (χ2n) is 6.38. The van der Waals surface area contributed by atoms with Gasteiger partial charge in [-0.3, -0.25) is 4.79 Å². The molecule has 4 aromatic heterocycles. The average molecular weight is 390 g/mol. The normalized spacial score (nSPS) is 11.5. The van der Waals surface area contributed by atoms with E-state index < -0.39 is 0 Å². The van der Waals surface area contributed by atoms with Gasteiger partial charge >= 0.3 is 0 Å². The quantitative estimate of drug-likeness (QED) is 0.435. The maximum atomic E-state index is 12.5. The molecular formula is C19H14N6O2S. The molecule has 0 bridgehead atoms. The third-order valence-electron chi connectivity index (χ3n) is 4.72. The fraction of sp³-hybridized carbons (Fsp3) is 0.158. The number of carbonyl (C=O) groups is 1. The van der Waals surface area contributed by atoms with Crippen LogP contribution < -0.4 is 4.74 Å². The first-order valence-electron chi connectivity index (χ1n) is 8.53. The first kappa shape index (κ1) is 16.7. The Morgan fingerprint density at radius 3 is 2.71 bits per heavy atom. The predicted molar refractivity (Wildman–Crippen MR) is 106 cm³/mol. The van der Waals surface area contributed by atoms with Crippen molar-refractivity contribution in [3.8, 4) is 16.9 Å². The summed E-state index contributed by atoms with van der Waals surface area (Å²) in [5, 5.41) is 12.6. The molecule has 9 heteroatoms. The summed E-state index contributed by atoms with van der Waals surface area (Å²) in [6.07, 6.45) is 1.58. The lowest BCUT2D eigenvalue weighted by molar-refractivity contribution is 0.101. The van der Waals surface area contributed by atoms with Crippen LogP contribution >= 0.6 is 11.3 Å². The molecule has 0 radical (unpaired) electrons. The summed E-state index contributed by atoms with van der Waals surface area (Å²) < 4.78 is 7.64. The highest BCUT2D eigenvalue weighted by Gasteiger charge is 2.23. The number of pyridine rings is 1. The largest absolute Gasteiger partial charge is 0.497 e. The van der Waals surface area contributed by atoms with Gasteiger partial charge in [-0.15, -0.1) is 16.4 Å². The highest BCUT2D eigenvalue weighted by molar-refractivity contribution is 7.26. The molecule has 28 heavy (non-hydrogen) atoms. The lowest BCUT2D eigenvalue weighted by Gasteiger charge is -2.12. The topological polar surface area (TPSA) is 95.2 Å². The molecular weight excluding hydrogens is 376 g/mol. The van der Waals surface area contributed by atoms with E-state index in [4.69, 9.17) is 9.72 Å². The van der Waals surface area contributed by atoms with Crippen molar-refractivity contribution in [2.75, 3.05) is 7.11 Å². The summed E-state index contributed by atoms with van der Waals surface area (Å²) in [4.78, 5) is 22.6. The van der Waals surface area contributed by atoms with Crippen LogP contribution in [0, 0.1) is 6.92 Å². The van der Waals surface area contributed by atoms with Gasteiger partial charge in [-0.25, -0.2) is 9.97 Å². The standard InChI is InChI=1S/C19H14N6O2S/c1-9-13(10(2)26)14(11-4-6-12(27-3)7-5-11)15-16-17(28-19(15)21-9)18-22-23-24-25(18)8-20-16/h4-8H,1-3H3. The van der Waals surface area contributed by atoms with Crippen LogP contribution in [0.5, 0.6) is 5.75 Å². The molecule has 0 unspecified atom stereocenters. The van der Waals surface area contributed by atoms with Crippen molar-refractivity contribution in [2.24, 2.45) is 0 Å². The monoisotopic (exact) mass is 390 g/mol. The van der Waals surface area contributed by atoms with Gasteiger partial charge in [0.1, 0.15) is 21.6 Å². The second-order valence-corrected chi connectivity index (χ2v) is 7.38. The Morgan fingerprint density at radius 1 is 1.21 bits per heavy atom. The molecule has 0 amide bonds. The van der Waals surface area contributed by atoms with E-state index in [0.717, 1.165) is 37.3 Å². The van der Waals surface area contributed by atoms with Crippen molar-refractivity contribution in [3.63, 3.8) is 0 Å². The molecule has 1 aromatic carbocycles. The zero-order valence-corrected chi connectivity index (χ0v) is 16.1. The maximum absolute atomic E-state index is 12.5. The number of nitrogens with zero attached hydrogens (tertiary/aromatic N) is 6. The highest BCUT2D eigenvalue weighted by Crippen LogP contribution is 2.42.